The van der Waals surface area contributed by atoms with Gasteiger partial charge in [-0.15, -0.1) is 24.0 Å². The molecule has 0 atom stereocenters. The Morgan fingerprint density at radius 3 is 2.38 bits per heavy atom. The van der Waals surface area contributed by atoms with Crippen molar-refractivity contribution >= 4 is 40.0 Å². The molecule has 0 unspecified atom stereocenters. The quantitative estimate of drug-likeness (QED) is 0.259. The van der Waals surface area contributed by atoms with Crippen LogP contribution in [0.15, 0.2) is 39.8 Å². The Balaban J connectivity index is 0.00000420. The molecule has 1 aromatic heterocycles. The minimum atomic E-state index is -3.27. The van der Waals surface area contributed by atoms with Crippen molar-refractivity contribution in [2.75, 3.05) is 13.6 Å². The lowest BCUT2D eigenvalue weighted by molar-refractivity contribution is 0.372. The monoisotopic (exact) mass is 535 g/mol. The largest absolute Gasteiger partial charge is 0.359 e. The number of sulfonamides is 1. The first-order valence-electron chi connectivity index (χ1n) is 9.29. The summed E-state index contributed by atoms with van der Waals surface area (Å²) >= 11 is 0. The van der Waals surface area contributed by atoms with Gasteiger partial charge in [0.05, 0.1) is 24.5 Å². The van der Waals surface area contributed by atoms with Gasteiger partial charge >= 0.3 is 0 Å². The molecule has 0 saturated carbocycles. The zero-order chi connectivity index (χ0) is 20.6. The van der Waals surface area contributed by atoms with E-state index in [0.29, 0.717) is 25.0 Å². The van der Waals surface area contributed by atoms with E-state index in [1.165, 1.54) is 7.05 Å². The maximum Gasteiger partial charge on any atom is 0.215 e. The summed E-state index contributed by atoms with van der Waals surface area (Å²) in [6, 6.07) is 9.33. The molecule has 0 amide bonds. The fourth-order valence-electron chi connectivity index (χ4n) is 2.40. The fourth-order valence-corrected chi connectivity index (χ4v) is 3.18. The SMILES string of the molecule is CCNC(=NCc1ccc(CS(=O)(=O)NC)cc1)NCc1cc(C(C)C)no1.I. The first-order chi connectivity index (χ1) is 13.3. The molecule has 0 bridgehead atoms. The maximum atomic E-state index is 11.6. The second-order valence-electron chi connectivity index (χ2n) is 6.70. The molecule has 0 spiro atoms. The lowest BCUT2D eigenvalue weighted by atomic mass is 10.1. The van der Waals surface area contributed by atoms with Gasteiger partial charge in [-0.05, 0) is 31.0 Å². The van der Waals surface area contributed by atoms with E-state index in [2.05, 4.69) is 39.4 Å². The molecule has 1 aromatic carbocycles. The van der Waals surface area contributed by atoms with E-state index in [0.717, 1.165) is 29.1 Å². The Morgan fingerprint density at radius 2 is 1.83 bits per heavy atom. The van der Waals surface area contributed by atoms with Crippen LogP contribution < -0.4 is 15.4 Å². The molecule has 29 heavy (non-hydrogen) atoms. The lowest BCUT2D eigenvalue weighted by Gasteiger charge is -2.10. The topological polar surface area (TPSA) is 109 Å². The summed E-state index contributed by atoms with van der Waals surface area (Å²) in [5.41, 5.74) is 2.65. The van der Waals surface area contributed by atoms with Crippen LogP contribution in [-0.2, 0) is 28.9 Å². The van der Waals surface area contributed by atoms with Gasteiger partial charge in [-0.1, -0.05) is 43.3 Å². The zero-order valence-corrected chi connectivity index (χ0v) is 20.4. The molecule has 0 radical (unpaired) electrons. The van der Waals surface area contributed by atoms with Gasteiger partial charge in [0.15, 0.2) is 11.7 Å². The highest BCUT2D eigenvalue weighted by Crippen LogP contribution is 2.13. The number of nitrogens with one attached hydrogen (secondary N) is 3. The summed E-state index contributed by atoms with van der Waals surface area (Å²) in [6.45, 7) is 7.84. The second-order valence-corrected chi connectivity index (χ2v) is 8.63. The second kappa shape index (κ2) is 12.1. The third-order valence-electron chi connectivity index (χ3n) is 4.05. The van der Waals surface area contributed by atoms with Gasteiger partial charge in [0.2, 0.25) is 10.0 Å². The molecule has 0 aliphatic carbocycles. The number of rotatable bonds is 9. The van der Waals surface area contributed by atoms with Gasteiger partial charge in [0.25, 0.3) is 0 Å². The Labute approximate surface area is 190 Å². The van der Waals surface area contributed by atoms with E-state index >= 15 is 0 Å². The van der Waals surface area contributed by atoms with E-state index in [1.54, 1.807) is 0 Å². The van der Waals surface area contributed by atoms with Crippen LogP contribution >= 0.6 is 24.0 Å². The summed E-state index contributed by atoms with van der Waals surface area (Å²) in [4.78, 5) is 4.56. The van der Waals surface area contributed by atoms with Gasteiger partial charge in [0.1, 0.15) is 0 Å². The molecule has 8 nitrogen and oxygen atoms in total. The van der Waals surface area contributed by atoms with Crippen LogP contribution in [-0.4, -0.2) is 33.1 Å². The average molecular weight is 535 g/mol. The minimum Gasteiger partial charge on any atom is -0.359 e. The van der Waals surface area contributed by atoms with Crippen LogP contribution in [0.1, 0.15) is 49.3 Å². The molecule has 2 aromatic rings. The first kappa shape index (κ1) is 25.4. The maximum absolute atomic E-state index is 11.6. The van der Waals surface area contributed by atoms with Crippen LogP contribution in [0.4, 0.5) is 0 Å². The van der Waals surface area contributed by atoms with Crippen LogP contribution in [0.25, 0.3) is 0 Å². The molecule has 10 heteroatoms. The van der Waals surface area contributed by atoms with Gasteiger partial charge in [-0.2, -0.15) is 0 Å². The zero-order valence-electron chi connectivity index (χ0n) is 17.2. The number of hydrogen-bond acceptors (Lipinski definition) is 5. The van der Waals surface area contributed by atoms with E-state index in [4.69, 9.17) is 4.52 Å². The molecular weight excluding hydrogens is 505 g/mol. The van der Waals surface area contributed by atoms with Crippen LogP contribution in [0, 0.1) is 0 Å². The number of halogens is 1. The van der Waals surface area contributed by atoms with Crippen molar-refractivity contribution in [1.82, 2.24) is 20.5 Å². The van der Waals surface area contributed by atoms with E-state index in [-0.39, 0.29) is 29.7 Å². The van der Waals surface area contributed by atoms with Crippen molar-refractivity contribution in [3.63, 3.8) is 0 Å². The Kier molecular flexibility index (Phi) is 10.6. The van der Waals surface area contributed by atoms with Crippen molar-refractivity contribution in [1.29, 1.82) is 0 Å². The predicted octanol–water partition coefficient (Wildman–Crippen LogP) is 2.72. The number of aromatic nitrogens is 1. The smallest absolute Gasteiger partial charge is 0.215 e. The molecule has 162 valence electrons. The van der Waals surface area contributed by atoms with Crippen LogP contribution in [0.2, 0.25) is 0 Å². The van der Waals surface area contributed by atoms with Crippen LogP contribution in [0.3, 0.4) is 0 Å². The van der Waals surface area contributed by atoms with Crippen molar-refractivity contribution in [3.8, 4) is 0 Å². The highest BCUT2D eigenvalue weighted by molar-refractivity contribution is 14.0. The first-order valence-corrected chi connectivity index (χ1v) is 10.9. The Hall–Kier alpha value is -1.66. The van der Waals surface area contributed by atoms with Crippen molar-refractivity contribution in [3.05, 3.63) is 52.9 Å². The third kappa shape index (κ3) is 8.70. The van der Waals surface area contributed by atoms with E-state index in [1.807, 2.05) is 37.3 Å². The van der Waals surface area contributed by atoms with Gasteiger partial charge in [-0.3, -0.25) is 0 Å². The van der Waals surface area contributed by atoms with Crippen molar-refractivity contribution < 1.29 is 12.9 Å². The summed E-state index contributed by atoms with van der Waals surface area (Å²) in [7, 11) is -1.85. The molecule has 0 aliphatic rings. The standard InChI is InChI=1S/C19H29N5O3S.HI/c1-5-21-19(23-12-17-10-18(14(2)3)24-27-17)22-11-15-6-8-16(9-7-15)13-28(25,26)20-4;/h6-10,14,20H,5,11-13H2,1-4H3,(H2,21,22,23);1H. The molecular formula is C19H30IN5O3S. The number of nitrogens with zero attached hydrogens (tertiary/aromatic N) is 2. The van der Waals surface area contributed by atoms with Crippen LogP contribution in [0.5, 0.6) is 0 Å². The number of guanidine groups is 1. The molecule has 1 heterocycles. The Morgan fingerprint density at radius 1 is 1.17 bits per heavy atom. The molecule has 3 N–H and O–H groups in total. The van der Waals surface area contributed by atoms with Gasteiger partial charge < -0.3 is 15.2 Å². The van der Waals surface area contributed by atoms with Gasteiger partial charge in [-0.25, -0.2) is 18.1 Å². The summed E-state index contributed by atoms with van der Waals surface area (Å²) in [6.07, 6.45) is 0. The van der Waals surface area contributed by atoms with Gasteiger partial charge in [0, 0.05) is 12.6 Å². The normalized spacial score (nSPS) is 12.0. The summed E-state index contributed by atoms with van der Waals surface area (Å²) < 4.78 is 30.9. The highest BCUT2D eigenvalue weighted by atomic mass is 127. The number of aliphatic imine (C=N–C) groups is 1. The van der Waals surface area contributed by atoms with Crippen molar-refractivity contribution in [2.24, 2.45) is 4.99 Å². The number of benzene rings is 1. The third-order valence-corrected chi connectivity index (χ3v) is 5.39. The highest BCUT2D eigenvalue weighted by Gasteiger charge is 2.09. The molecule has 0 aliphatic heterocycles. The molecule has 0 fully saturated rings. The van der Waals surface area contributed by atoms with E-state index < -0.39 is 10.0 Å². The fraction of sp³-hybridized carbons (Fsp3) is 0.474. The Bertz CT molecular complexity index is 880. The molecule has 2 rings (SSSR count). The predicted molar refractivity (Wildman–Crippen MR) is 126 cm³/mol. The average Bonchev–Trinajstić information content (AvgIpc) is 3.14. The van der Waals surface area contributed by atoms with Crippen molar-refractivity contribution in [2.45, 2.75) is 45.5 Å². The minimum absolute atomic E-state index is 0. The molecule has 0 saturated heterocycles. The van der Waals surface area contributed by atoms with E-state index in [9.17, 15) is 8.42 Å². The summed E-state index contributed by atoms with van der Waals surface area (Å²) in [5.74, 6) is 1.72. The number of hydrogen-bond donors (Lipinski definition) is 3. The summed E-state index contributed by atoms with van der Waals surface area (Å²) in [5, 5.41) is 10.5. The lowest BCUT2D eigenvalue weighted by Crippen LogP contribution is -2.36.